The van der Waals surface area contributed by atoms with Crippen molar-refractivity contribution in [2.45, 2.75) is 45.7 Å². The van der Waals surface area contributed by atoms with E-state index in [1.165, 1.54) is 12.1 Å². The lowest BCUT2D eigenvalue weighted by Gasteiger charge is -2.35. The Labute approximate surface area is 161 Å². The smallest absolute Gasteiger partial charge is 0.272 e. The summed E-state index contributed by atoms with van der Waals surface area (Å²) in [6.07, 6.45) is 5.06. The first kappa shape index (κ1) is 18.2. The van der Waals surface area contributed by atoms with Gasteiger partial charge in [-0.1, -0.05) is 19.9 Å². The number of rotatable bonds is 5. The molecule has 0 spiro atoms. The number of hydrogen-bond donors (Lipinski definition) is 1. The van der Waals surface area contributed by atoms with Crippen LogP contribution in [0.2, 0.25) is 0 Å². The van der Waals surface area contributed by atoms with Gasteiger partial charge in [0.2, 0.25) is 0 Å². The Bertz CT molecular complexity index is 772. The van der Waals surface area contributed by atoms with Gasteiger partial charge in [-0.15, -0.1) is 0 Å². The summed E-state index contributed by atoms with van der Waals surface area (Å²) in [6.45, 7) is 8.00. The van der Waals surface area contributed by atoms with Crippen LogP contribution in [0.5, 0.6) is 0 Å². The predicted octanol–water partition coefficient (Wildman–Crippen LogP) is 2.74. The summed E-state index contributed by atoms with van der Waals surface area (Å²) in [5.41, 5.74) is 2.88. The number of carbonyl (C=O) groups excluding carboxylic acids is 1. The van der Waals surface area contributed by atoms with Crippen molar-refractivity contribution in [1.82, 2.24) is 25.0 Å². The van der Waals surface area contributed by atoms with Gasteiger partial charge in [-0.05, 0) is 49.3 Å². The number of aromatic amines is 1. The first-order chi connectivity index (χ1) is 13.1. The number of aromatic nitrogens is 3. The van der Waals surface area contributed by atoms with E-state index in [1.807, 2.05) is 23.1 Å². The second-order valence-electron chi connectivity index (χ2n) is 8.43. The lowest BCUT2D eigenvalue weighted by atomic mass is 9.95. The third-order valence-corrected chi connectivity index (χ3v) is 5.67. The molecular weight excluding hydrogens is 338 g/mol. The molecule has 0 aliphatic carbocycles. The van der Waals surface area contributed by atoms with Gasteiger partial charge in [0.05, 0.1) is 5.69 Å². The van der Waals surface area contributed by atoms with Crippen molar-refractivity contribution in [1.29, 1.82) is 0 Å². The predicted molar refractivity (Wildman–Crippen MR) is 104 cm³/mol. The topological polar surface area (TPSA) is 65.1 Å². The van der Waals surface area contributed by atoms with Crippen LogP contribution >= 0.6 is 0 Å². The zero-order chi connectivity index (χ0) is 18.8. The molecule has 0 radical (unpaired) electrons. The average Bonchev–Trinajstić information content (AvgIpc) is 2.89. The summed E-state index contributed by atoms with van der Waals surface area (Å²) in [6, 6.07) is 8.16. The van der Waals surface area contributed by atoms with E-state index < -0.39 is 0 Å². The molecule has 2 bridgehead atoms. The highest BCUT2D eigenvalue weighted by molar-refractivity contribution is 5.92. The van der Waals surface area contributed by atoms with E-state index in [4.69, 9.17) is 0 Å². The maximum absolute atomic E-state index is 12.9. The molecule has 5 heterocycles. The maximum atomic E-state index is 12.9. The summed E-state index contributed by atoms with van der Waals surface area (Å²) in [5.74, 6) is 1.21. The summed E-state index contributed by atoms with van der Waals surface area (Å²) < 4.78 is 0. The minimum Gasteiger partial charge on any atom is -0.335 e. The molecule has 2 aromatic rings. The standard InChI is InChI=1S/C21H29N5O/c1-15(2)9-17-10-18(24-23-17)13-25-11-16-6-7-19(25)14-26(12-16)21(27)20-5-3-4-8-22-20/h3-5,8,10,15-16,19H,6-7,9,11-14H2,1-2H3,(H,23,24)/t16-,19-/m1/s1. The van der Waals surface area contributed by atoms with Crippen LogP contribution in [0.25, 0.3) is 0 Å². The van der Waals surface area contributed by atoms with Crippen LogP contribution in [0.15, 0.2) is 30.5 Å². The van der Waals surface area contributed by atoms with Gasteiger partial charge in [-0.25, -0.2) is 0 Å². The van der Waals surface area contributed by atoms with E-state index in [0.717, 1.165) is 44.7 Å². The van der Waals surface area contributed by atoms with Gasteiger partial charge >= 0.3 is 0 Å². The van der Waals surface area contributed by atoms with Gasteiger partial charge in [0.25, 0.3) is 5.91 Å². The molecule has 1 amide bonds. The molecule has 2 aromatic heterocycles. The van der Waals surface area contributed by atoms with Crippen molar-refractivity contribution in [3.05, 3.63) is 47.5 Å². The van der Waals surface area contributed by atoms with Crippen LogP contribution in [0.3, 0.4) is 0 Å². The highest BCUT2D eigenvalue weighted by atomic mass is 16.2. The summed E-state index contributed by atoms with van der Waals surface area (Å²) in [5, 5.41) is 7.68. The van der Waals surface area contributed by atoms with Crippen LogP contribution in [-0.4, -0.2) is 56.6 Å². The Morgan fingerprint density at radius 2 is 2.15 bits per heavy atom. The Hall–Kier alpha value is -2.21. The molecule has 3 aliphatic rings. The molecule has 5 rings (SSSR count). The molecule has 2 atom stereocenters. The largest absolute Gasteiger partial charge is 0.335 e. The highest BCUT2D eigenvalue weighted by Gasteiger charge is 2.37. The Kier molecular flexibility index (Phi) is 5.25. The van der Waals surface area contributed by atoms with Crippen molar-refractivity contribution in [2.75, 3.05) is 19.6 Å². The van der Waals surface area contributed by atoms with E-state index in [2.05, 4.69) is 40.0 Å². The molecule has 27 heavy (non-hydrogen) atoms. The molecule has 3 aliphatic heterocycles. The zero-order valence-electron chi connectivity index (χ0n) is 16.3. The van der Waals surface area contributed by atoms with Crippen molar-refractivity contribution < 1.29 is 4.79 Å². The number of fused-ring (bicyclic) bond motifs is 4. The molecule has 144 valence electrons. The third-order valence-electron chi connectivity index (χ3n) is 5.67. The number of amides is 1. The fourth-order valence-electron chi connectivity index (χ4n) is 4.42. The number of carbonyl (C=O) groups is 1. The molecule has 3 fully saturated rings. The highest BCUT2D eigenvalue weighted by Crippen LogP contribution is 2.29. The molecule has 0 saturated carbocycles. The first-order valence-corrected chi connectivity index (χ1v) is 10.1. The number of pyridine rings is 1. The second kappa shape index (κ2) is 7.80. The minimum absolute atomic E-state index is 0.0649. The number of nitrogens with zero attached hydrogens (tertiary/aromatic N) is 4. The van der Waals surface area contributed by atoms with E-state index in [-0.39, 0.29) is 5.91 Å². The summed E-state index contributed by atoms with van der Waals surface area (Å²) in [4.78, 5) is 21.7. The molecule has 6 heteroatoms. The monoisotopic (exact) mass is 367 g/mol. The fraction of sp³-hybridized carbons (Fsp3) is 0.571. The van der Waals surface area contributed by atoms with Crippen LogP contribution in [0.4, 0.5) is 0 Å². The van der Waals surface area contributed by atoms with Crippen molar-refractivity contribution >= 4 is 5.91 Å². The molecule has 6 nitrogen and oxygen atoms in total. The van der Waals surface area contributed by atoms with E-state index in [0.29, 0.717) is 23.6 Å². The Balaban J connectivity index is 1.44. The fourth-order valence-corrected chi connectivity index (χ4v) is 4.42. The number of H-pyrrole nitrogens is 1. The lowest BCUT2D eigenvalue weighted by molar-refractivity contribution is 0.0729. The number of nitrogens with one attached hydrogen (secondary N) is 1. The Morgan fingerprint density at radius 3 is 2.93 bits per heavy atom. The third kappa shape index (κ3) is 4.21. The van der Waals surface area contributed by atoms with Crippen LogP contribution in [0, 0.1) is 11.8 Å². The van der Waals surface area contributed by atoms with Gasteiger partial charge in [0.1, 0.15) is 5.69 Å². The average molecular weight is 367 g/mol. The van der Waals surface area contributed by atoms with Crippen molar-refractivity contribution in [2.24, 2.45) is 11.8 Å². The minimum atomic E-state index is 0.0649. The number of hydrogen-bond acceptors (Lipinski definition) is 4. The van der Waals surface area contributed by atoms with Crippen molar-refractivity contribution in [3.8, 4) is 0 Å². The van der Waals surface area contributed by atoms with Gasteiger partial charge < -0.3 is 4.90 Å². The van der Waals surface area contributed by atoms with E-state index in [9.17, 15) is 4.79 Å². The van der Waals surface area contributed by atoms with E-state index >= 15 is 0 Å². The van der Waals surface area contributed by atoms with Crippen LogP contribution < -0.4 is 0 Å². The van der Waals surface area contributed by atoms with Crippen molar-refractivity contribution in [3.63, 3.8) is 0 Å². The molecule has 1 N–H and O–H groups in total. The van der Waals surface area contributed by atoms with Crippen LogP contribution in [0.1, 0.15) is 48.6 Å². The summed E-state index contributed by atoms with van der Waals surface area (Å²) in [7, 11) is 0. The molecule has 0 unspecified atom stereocenters. The SMILES string of the molecule is CC(C)Cc1cc(CN2C[C@H]3CC[C@@H]2CN(C(=O)c2ccccn2)C3)[nH]n1. The normalized spacial score (nSPS) is 23.0. The lowest BCUT2D eigenvalue weighted by Crippen LogP contribution is -2.44. The van der Waals surface area contributed by atoms with Gasteiger partial charge in [-0.2, -0.15) is 5.10 Å². The Morgan fingerprint density at radius 1 is 1.26 bits per heavy atom. The van der Waals surface area contributed by atoms with Gasteiger partial charge in [0, 0.05) is 44.1 Å². The summed E-state index contributed by atoms with van der Waals surface area (Å²) >= 11 is 0. The zero-order valence-corrected chi connectivity index (χ0v) is 16.3. The number of piperidine rings is 1. The molecule has 0 aromatic carbocycles. The van der Waals surface area contributed by atoms with Gasteiger partial charge in [-0.3, -0.25) is 19.8 Å². The second-order valence-corrected chi connectivity index (χ2v) is 8.43. The molecule has 3 saturated heterocycles. The molecular formula is C21H29N5O. The quantitative estimate of drug-likeness (QED) is 0.882. The van der Waals surface area contributed by atoms with E-state index in [1.54, 1.807) is 6.20 Å². The maximum Gasteiger partial charge on any atom is 0.272 e. The van der Waals surface area contributed by atoms with Crippen LogP contribution in [-0.2, 0) is 13.0 Å². The van der Waals surface area contributed by atoms with Gasteiger partial charge in [0.15, 0.2) is 0 Å². The first-order valence-electron chi connectivity index (χ1n) is 10.1.